The summed E-state index contributed by atoms with van der Waals surface area (Å²) in [6.45, 7) is 6.06. The maximum absolute atomic E-state index is 13.2. The summed E-state index contributed by atoms with van der Waals surface area (Å²) >= 11 is 0. The van der Waals surface area contributed by atoms with Gasteiger partial charge in [-0.2, -0.15) is 0 Å². The molecule has 298 valence electrons. The molecule has 18 nitrogen and oxygen atoms in total. The summed E-state index contributed by atoms with van der Waals surface area (Å²) in [6, 6.07) is 9.07. The number of para-hydroxylation sites is 1. The summed E-state index contributed by atoms with van der Waals surface area (Å²) in [5, 5.41) is 67.5. The highest BCUT2D eigenvalue weighted by Gasteiger charge is 2.19. The Bertz CT molecular complexity index is 1930. The van der Waals surface area contributed by atoms with Crippen LogP contribution in [0.5, 0.6) is 0 Å². The van der Waals surface area contributed by atoms with Crippen LogP contribution in [0.3, 0.4) is 0 Å². The first-order valence-electron chi connectivity index (χ1n) is 17.9. The Kier molecular flexibility index (Phi) is 15.2. The van der Waals surface area contributed by atoms with Gasteiger partial charge in [-0.1, -0.05) is 18.2 Å². The molecule has 0 unspecified atom stereocenters. The number of aromatic nitrogens is 1. The molecular weight excluding hydrogens is 716 g/mol. The van der Waals surface area contributed by atoms with Crippen molar-refractivity contribution in [1.82, 2.24) is 24.6 Å². The minimum atomic E-state index is -1.26. The number of pyridine rings is 1. The number of carboxylic acids is 3. The fourth-order valence-electron chi connectivity index (χ4n) is 6.05. The molecule has 0 amide bonds. The molecular formula is C37H47N8O10-3. The highest BCUT2D eigenvalue weighted by molar-refractivity contribution is 5.92. The number of aromatic amines is 1. The minimum absolute atomic E-state index is 0.0890. The molecule has 1 aliphatic rings. The largest absolute Gasteiger partial charge is 0.861 e. The molecule has 18 heteroatoms. The van der Waals surface area contributed by atoms with Crippen LogP contribution in [-0.2, 0) is 20.9 Å². The number of carboxylic acid groups (broad SMARTS) is 3. The van der Waals surface area contributed by atoms with Crippen LogP contribution in [0.4, 0.5) is 0 Å². The molecule has 0 bridgehead atoms. The topological polar surface area (TPSA) is 264 Å². The van der Waals surface area contributed by atoms with Crippen LogP contribution in [0.15, 0.2) is 62.2 Å². The second kappa shape index (κ2) is 19.8. The maximum atomic E-state index is 13.2. The fourth-order valence-corrected chi connectivity index (χ4v) is 6.05. The van der Waals surface area contributed by atoms with Crippen molar-refractivity contribution in [2.45, 2.75) is 45.4 Å². The van der Waals surface area contributed by atoms with E-state index in [2.05, 4.69) is 24.9 Å². The molecule has 1 aliphatic heterocycles. The summed E-state index contributed by atoms with van der Waals surface area (Å²) < 4.78 is 0. The molecule has 0 radical (unpaired) electrons. The third kappa shape index (κ3) is 12.8. The predicted octanol–water partition coefficient (Wildman–Crippen LogP) is -1.90. The quantitative estimate of drug-likeness (QED) is 0.0794. The van der Waals surface area contributed by atoms with Gasteiger partial charge in [-0.05, 0) is 68.3 Å². The molecule has 55 heavy (non-hydrogen) atoms. The van der Waals surface area contributed by atoms with Crippen molar-refractivity contribution < 1.29 is 45.0 Å². The lowest BCUT2D eigenvalue weighted by Gasteiger charge is -2.36. The van der Waals surface area contributed by atoms with E-state index in [1.807, 2.05) is 24.3 Å². The Labute approximate surface area is 317 Å². The van der Waals surface area contributed by atoms with Gasteiger partial charge in [0.15, 0.2) is 5.43 Å². The van der Waals surface area contributed by atoms with Crippen LogP contribution in [-0.4, -0.2) is 166 Å². The predicted molar refractivity (Wildman–Crippen MR) is 200 cm³/mol. The molecule has 0 saturated carbocycles. The first-order valence-corrected chi connectivity index (χ1v) is 17.9. The van der Waals surface area contributed by atoms with Crippen molar-refractivity contribution in [3.05, 3.63) is 58.3 Å². The summed E-state index contributed by atoms with van der Waals surface area (Å²) in [5.74, 6) is -5.67. The molecule has 3 aromatic rings. The molecule has 4 rings (SSSR count). The molecule has 3 atom stereocenters. The van der Waals surface area contributed by atoms with E-state index in [1.165, 1.54) is 20.8 Å². The lowest BCUT2D eigenvalue weighted by molar-refractivity contribution is -0.222. The van der Waals surface area contributed by atoms with Gasteiger partial charge in [0.25, 0.3) is 0 Å². The smallest absolute Gasteiger partial charge is 0.328 e. The van der Waals surface area contributed by atoms with Crippen molar-refractivity contribution in [2.24, 2.45) is 15.0 Å². The van der Waals surface area contributed by atoms with Crippen LogP contribution in [0.25, 0.3) is 21.8 Å². The number of hydrogen-bond donors (Lipinski definition) is 4. The number of nitrogens with zero attached hydrogens (tertiary/aromatic N) is 7. The van der Waals surface area contributed by atoms with Crippen LogP contribution in [0.1, 0.15) is 26.3 Å². The zero-order valence-electron chi connectivity index (χ0n) is 31.1. The van der Waals surface area contributed by atoms with Crippen LogP contribution >= 0.6 is 0 Å². The van der Waals surface area contributed by atoms with Gasteiger partial charge in [0.2, 0.25) is 0 Å². The monoisotopic (exact) mass is 763 g/mol. The van der Waals surface area contributed by atoms with Gasteiger partial charge >= 0.3 is 17.9 Å². The molecule has 1 aromatic heterocycles. The lowest BCUT2D eigenvalue weighted by atomic mass is 10.1. The normalized spacial score (nSPS) is 18.7. The van der Waals surface area contributed by atoms with E-state index in [1.54, 1.807) is 32.9 Å². The van der Waals surface area contributed by atoms with E-state index in [4.69, 9.17) is 0 Å². The number of aliphatic carboxylic acids is 3. The number of benzene rings is 2. The van der Waals surface area contributed by atoms with E-state index in [0.717, 1.165) is 5.56 Å². The zero-order chi connectivity index (χ0) is 40.2. The van der Waals surface area contributed by atoms with Crippen molar-refractivity contribution in [1.29, 1.82) is 0 Å². The number of rotatable bonds is 14. The number of carbonyl (C=O) groups is 3. The Balaban J connectivity index is 1.65. The number of H-pyrrole nitrogens is 1. The third-order valence-corrected chi connectivity index (χ3v) is 9.27. The van der Waals surface area contributed by atoms with E-state index in [0.29, 0.717) is 54.5 Å². The van der Waals surface area contributed by atoms with Gasteiger partial charge in [-0.15, -0.1) is 0 Å². The lowest BCUT2D eigenvalue weighted by Crippen LogP contribution is -2.50. The maximum Gasteiger partial charge on any atom is 0.328 e. The summed E-state index contributed by atoms with van der Waals surface area (Å²) in [7, 11) is 0. The third-order valence-electron chi connectivity index (χ3n) is 9.27. The van der Waals surface area contributed by atoms with Gasteiger partial charge in [-0.25, -0.2) is 14.4 Å². The standard InChI is InChI=1S/C37H50N8O10/c1-23(35(50)51)38-31(46)20-43-12-10-42(19-26-8-9-28-30(18-26)41-29-7-5-4-6-27(29)34(28)49)11-13-44(21-32(47)39-24(2)36(52)53)15-17-45(16-14-43)22-33(48)40-25(3)37(54)55/h4-9,18,23-25H,10-17,19-22H2,1-3H3,(H,38,46)(H,39,47)(H,40,48)(H,41,49)(H,50,51)(H,52,53)(H,54,55)/p-3/t23-,24-,25-/m0/s1. The Morgan fingerprint density at radius 1 is 0.618 bits per heavy atom. The number of nitrogens with one attached hydrogen (secondary N) is 1. The average Bonchev–Trinajstić information content (AvgIpc) is 3.12. The highest BCUT2D eigenvalue weighted by Crippen LogP contribution is 2.17. The van der Waals surface area contributed by atoms with Crippen molar-refractivity contribution >= 4 is 57.4 Å². The van der Waals surface area contributed by atoms with Crippen LogP contribution < -0.4 is 20.7 Å². The molecule has 4 N–H and O–H groups in total. The number of hydrogen-bond acceptors (Lipinski definition) is 14. The Morgan fingerprint density at radius 3 is 1.42 bits per heavy atom. The summed E-state index contributed by atoms with van der Waals surface area (Å²) in [4.78, 5) is 69.4. The zero-order valence-corrected chi connectivity index (χ0v) is 31.1. The van der Waals surface area contributed by atoms with Crippen LogP contribution in [0.2, 0.25) is 0 Å². The number of fused-ring (bicyclic) bond motifs is 2. The van der Waals surface area contributed by atoms with Gasteiger partial charge in [0, 0.05) is 94.8 Å². The second-order valence-electron chi connectivity index (χ2n) is 13.6. The van der Waals surface area contributed by atoms with Gasteiger partial charge < -0.3 is 35.6 Å². The second-order valence-corrected chi connectivity index (χ2v) is 13.6. The van der Waals surface area contributed by atoms with Crippen molar-refractivity contribution in [3.8, 4) is 0 Å². The first kappa shape index (κ1) is 42.3. The van der Waals surface area contributed by atoms with Gasteiger partial charge in [-0.3, -0.25) is 39.4 Å². The van der Waals surface area contributed by atoms with Crippen LogP contribution in [0, 0.1) is 0 Å². The molecule has 0 aliphatic carbocycles. The fraction of sp³-hybridized carbons (Fsp3) is 0.486. The van der Waals surface area contributed by atoms with Gasteiger partial charge in [0.05, 0.1) is 5.52 Å². The SMILES string of the molecule is C[C@H](N=C([O-])CN1CCN(CC([O-])=N[C@@H](C)C(=O)O)CCN(Cc2ccc3c(=O)c4ccccc4[nH]c3c2)CCN(CC([O-])=N[C@@H](C)C(=O)O)CC1)C(=O)O. The molecule has 0 spiro atoms. The minimum Gasteiger partial charge on any atom is -0.861 e. The van der Waals surface area contributed by atoms with Gasteiger partial charge in [0.1, 0.15) is 18.1 Å². The molecule has 2 aromatic carbocycles. The van der Waals surface area contributed by atoms with E-state index in [-0.39, 0.29) is 51.2 Å². The first-order chi connectivity index (χ1) is 26.1. The average molecular weight is 764 g/mol. The molecule has 1 fully saturated rings. The summed E-state index contributed by atoms with van der Waals surface area (Å²) in [5.41, 5.74) is 2.16. The molecule has 2 heterocycles. The Hall–Kier alpha value is -5.43. The van der Waals surface area contributed by atoms with E-state index in [9.17, 15) is 49.8 Å². The highest BCUT2D eigenvalue weighted by atomic mass is 16.4. The number of aliphatic imine (C=N–C) groups is 3. The van der Waals surface area contributed by atoms with Crippen molar-refractivity contribution in [3.63, 3.8) is 0 Å². The van der Waals surface area contributed by atoms with Crippen molar-refractivity contribution in [2.75, 3.05) is 72.0 Å². The van der Waals surface area contributed by atoms with E-state index < -0.39 is 53.7 Å². The van der Waals surface area contributed by atoms with E-state index >= 15 is 0 Å². The molecule has 1 saturated heterocycles. The Morgan fingerprint density at radius 2 is 1.00 bits per heavy atom. The summed E-state index contributed by atoms with van der Waals surface area (Å²) in [6.07, 6.45) is 0.